The van der Waals surface area contributed by atoms with Crippen molar-refractivity contribution >= 4 is 23.4 Å². The molecule has 1 aromatic heterocycles. The molecular weight excluding hydrogens is 416 g/mol. The fourth-order valence-electron chi connectivity index (χ4n) is 4.55. The number of hydrogen-bond acceptors (Lipinski definition) is 4. The molecule has 7 nitrogen and oxygen atoms in total. The first-order valence-corrected chi connectivity index (χ1v) is 11.1. The van der Waals surface area contributed by atoms with E-state index in [2.05, 4.69) is 10.3 Å². The average molecular weight is 441 g/mol. The molecule has 1 saturated heterocycles. The van der Waals surface area contributed by atoms with Crippen molar-refractivity contribution in [3.63, 3.8) is 0 Å². The maximum absolute atomic E-state index is 13.5. The predicted octanol–water partition coefficient (Wildman–Crippen LogP) is 3.16. The number of aromatic nitrogens is 1. The number of carbonyl (C=O) groups is 3. The van der Waals surface area contributed by atoms with Gasteiger partial charge in [-0.2, -0.15) is 0 Å². The van der Waals surface area contributed by atoms with Gasteiger partial charge in [0.05, 0.1) is 17.8 Å². The molecule has 1 atom stereocenters. The van der Waals surface area contributed by atoms with E-state index in [1.807, 2.05) is 42.5 Å². The Morgan fingerprint density at radius 2 is 1.88 bits per heavy atom. The van der Waals surface area contributed by atoms with Gasteiger partial charge in [0, 0.05) is 31.0 Å². The van der Waals surface area contributed by atoms with Crippen LogP contribution in [0.1, 0.15) is 44.7 Å². The van der Waals surface area contributed by atoms with Crippen LogP contribution < -0.4 is 10.2 Å². The van der Waals surface area contributed by atoms with Gasteiger partial charge >= 0.3 is 0 Å². The molecule has 0 unspecified atom stereocenters. The highest BCUT2D eigenvalue weighted by Crippen LogP contribution is 2.33. The molecule has 1 N–H and O–H groups in total. The minimum atomic E-state index is -0.434. The van der Waals surface area contributed by atoms with Crippen molar-refractivity contribution in [2.45, 2.75) is 32.0 Å². The number of hydrogen-bond donors (Lipinski definition) is 1. The molecule has 0 bridgehead atoms. The van der Waals surface area contributed by atoms with E-state index < -0.39 is 6.04 Å². The lowest BCUT2D eigenvalue weighted by atomic mass is 10.1. The Bertz CT molecular complexity index is 1210. The molecule has 5 rings (SSSR count). The summed E-state index contributed by atoms with van der Waals surface area (Å²) in [7, 11) is 0. The minimum Gasteiger partial charge on any atom is -0.348 e. The van der Waals surface area contributed by atoms with Crippen LogP contribution >= 0.6 is 0 Å². The summed E-state index contributed by atoms with van der Waals surface area (Å²) in [4.78, 5) is 46.7. The molecule has 0 saturated carbocycles. The minimum absolute atomic E-state index is 0.0720. The Morgan fingerprint density at radius 1 is 1.03 bits per heavy atom. The normalized spacial score (nSPS) is 17.4. The SMILES string of the molecule is O=C(NCc1cccnc1)c1cccc(CN2C(=O)[C@@H]3CCCN3C(=O)c3ccccc32)c1. The summed E-state index contributed by atoms with van der Waals surface area (Å²) in [6, 6.07) is 17.8. The summed E-state index contributed by atoms with van der Waals surface area (Å²) in [6.45, 7) is 1.27. The van der Waals surface area contributed by atoms with Crippen LogP contribution in [0, 0.1) is 0 Å². The second-order valence-electron chi connectivity index (χ2n) is 8.34. The lowest BCUT2D eigenvalue weighted by Crippen LogP contribution is -2.44. The van der Waals surface area contributed by atoms with Crippen molar-refractivity contribution in [1.29, 1.82) is 0 Å². The number of anilines is 1. The van der Waals surface area contributed by atoms with Crippen molar-refractivity contribution in [3.05, 3.63) is 95.3 Å². The average Bonchev–Trinajstić information content (AvgIpc) is 3.33. The van der Waals surface area contributed by atoms with Crippen LogP contribution in [0.4, 0.5) is 5.69 Å². The van der Waals surface area contributed by atoms with Crippen LogP contribution in [-0.2, 0) is 17.9 Å². The van der Waals surface area contributed by atoms with Crippen molar-refractivity contribution < 1.29 is 14.4 Å². The van der Waals surface area contributed by atoms with Gasteiger partial charge in [0.15, 0.2) is 0 Å². The second kappa shape index (κ2) is 8.86. The van der Waals surface area contributed by atoms with E-state index in [-0.39, 0.29) is 24.3 Å². The molecule has 166 valence electrons. The van der Waals surface area contributed by atoms with Gasteiger partial charge in [-0.05, 0) is 54.3 Å². The smallest absolute Gasteiger partial charge is 0.256 e. The fourth-order valence-corrected chi connectivity index (χ4v) is 4.55. The molecule has 33 heavy (non-hydrogen) atoms. The lowest BCUT2D eigenvalue weighted by molar-refractivity contribution is -0.122. The van der Waals surface area contributed by atoms with Crippen LogP contribution in [0.25, 0.3) is 0 Å². The van der Waals surface area contributed by atoms with E-state index in [1.54, 1.807) is 40.4 Å². The molecule has 3 aromatic rings. The van der Waals surface area contributed by atoms with Gasteiger partial charge in [-0.3, -0.25) is 19.4 Å². The van der Waals surface area contributed by atoms with E-state index >= 15 is 0 Å². The monoisotopic (exact) mass is 440 g/mol. The summed E-state index contributed by atoms with van der Waals surface area (Å²) < 4.78 is 0. The van der Waals surface area contributed by atoms with E-state index in [0.29, 0.717) is 36.3 Å². The summed E-state index contributed by atoms with van der Waals surface area (Å²) in [6.07, 6.45) is 4.90. The van der Waals surface area contributed by atoms with Crippen LogP contribution in [0.2, 0.25) is 0 Å². The number of fused-ring (bicyclic) bond motifs is 2. The molecule has 3 heterocycles. The zero-order valence-electron chi connectivity index (χ0n) is 18.1. The number of benzene rings is 2. The first kappa shape index (κ1) is 20.9. The topological polar surface area (TPSA) is 82.6 Å². The highest BCUT2D eigenvalue weighted by Gasteiger charge is 2.41. The molecule has 2 aliphatic heterocycles. The summed E-state index contributed by atoms with van der Waals surface area (Å²) in [5.74, 6) is -0.356. The zero-order chi connectivity index (χ0) is 22.8. The molecule has 2 aliphatic rings. The van der Waals surface area contributed by atoms with Gasteiger partial charge in [-0.1, -0.05) is 30.3 Å². The zero-order valence-corrected chi connectivity index (χ0v) is 18.1. The second-order valence-corrected chi connectivity index (χ2v) is 8.34. The molecule has 0 radical (unpaired) electrons. The van der Waals surface area contributed by atoms with E-state index in [0.717, 1.165) is 17.5 Å². The molecule has 1 fully saturated rings. The number of rotatable bonds is 5. The number of nitrogens with zero attached hydrogens (tertiary/aromatic N) is 3. The maximum atomic E-state index is 13.5. The third kappa shape index (κ3) is 4.09. The van der Waals surface area contributed by atoms with Crippen molar-refractivity contribution in [1.82, 2.24) is 15.2 Å². The van der Waals surface area contributed by atoms with Crippen molar-refractivity contribution in [3.8, 4) is 0 Å². The highest BCUT2D eigenvalue weighted by molar-refractivity contribution is 6.11. The summed E-state index contributed by atoms with van der Waals surface area (Å²) >= 11 is 0. The van der Waals surface area contributed by atoms with Crippen molar-refractivity contribution in [2.75, 3.05) is 11.4 Å². The number of amides is 3. The Labute approximate surface area is 192 Å². The molecule has 0 spiro atoms. The van der Waals surface area contributed by atoms with Gasteiger partial charge < -0.3 is 15.1 Å². The first-order chi connectivity index (χ1) is 16.1. The number of nitrogens with one attached hydrogen (secondary N) is 1. The standard InChI is InChI=1S/C26H24N4O3/c31-24(28-16-19-7-4-12-27-15-19)20-8-3-6-18(14-20)17-30-22-10-2-1-9-21(22)25(32)29-13-5-11-23(29)26(30)33/h1-4,6-10,12,14-15,23H,5,11,13,16-17H2,(H,28,31)/t23-/m0/s1. The third-order valence-electron chi connectivity index (χ3n) is 6.20. The Morgan fingerprint density at radius 3 is 2.73 bits per heavy atom. The number of para-hydroxylation sites is 1. The maximum Gasteiger partial charge on any atom is 0.256 e. The lowest BCUT2D eigenvalue weighted by Gasteiger charge is -2.26. The van der Waals surface area contributed by atoms with Crippen LogP contribution in [-0.4, -0.2) is 40.2 Å². The van der Waals surface area contributed by atoms with Gasteiger partial charge in [0.1, 0.15) is 6.04 Å². The Balaban J connectivity index is 1.39. The first-order valence-electron chi connectivity index (χ1n) is 11.1. The van der Waals surface area contributed by atoms with E-state index in [9.17, 15) is 14.4 Å². The molecule has 3 amide bonds. The fraction of sp³-hybridized carbons (Fsp3) is 0.231. The Kier molecular flexibility index (Phi) is 5.60. The molecule has 2 aromatic carbocycles. The van der Waals surface area contributed by atoms with Gasteiger partial charge in [-0.25, -0.2) is 0 Å². The molecular formula is C26H24N4O3. The van der Waals surface area contributed by atoms with E-state index in [4.69, 9.17) is 0 Å². The van der Waals surface area contributed by atoms with Crippen LogP contribution in [0.5, 0.6) is 0 Å². The highest BCUT2D eigenvalue weighted by atomic mass is 16.2. The Hall–Kier alpha value is -4.00. The summed E-state index contributed by atoms with van der Waals surface area (Å²) in [5.41, 5.74) is 3.42. The number of carbonyl (C=O) groups excluding carboxylic acids is 3. The largest absolute Gasteiger partial charge is 0.348 e. The number of pyridine rings is 1. The van der Waals surface area contributed by atoms with Crippen LogP contribution in [0.3, 0.4) is 0 Å². The van der Waals surface area contributed by atoms with E-state index in [1.165, 1.54) is 0 Å². The quantitative estimate of drug-likeness (QED) is 0.661. The van der Waals surface area contributed by atoms with Crippen LogP contribution in [0.15, 0.2) is 73.1 Å². The van der Waals surface area contributed by atoms with Gasteiger partial charge in [0.25, 0.3) is 11.8 Å². The third-order valence-corrected chi connectivity index (χ3v) is 6.20. The predicted molar refractivity (Wildman–Crippen MR) is 124 cm³/mol. The van der Waals surface area contributed by atoms with Gasteiger partial charge in [-0.15, -0.1) is 0 Å². The molecule has 0 aliphatic carbocycles. The summed E-state index contributed by atoms with van der Waals surface area (Å²) in [5, 5.41) is 2.91. The van der Waals surface area contributed by atoms with Crippen molar-refractivity contribution in [2.24, 2.45) is 0 Å². The molecule has 7 heteroatoms. The van der Waals surface area contributed by atoms with Gasteiger partial charge in [0.2, 0.25) is 5.91 Å².